The van der Waals surface area contributed by atoms with E-state index in [-0.39, 0.29) is 10.8 Å². The molecule has 0 amide bonds. The van der Waals surface area contributed by atoms with Crippen molar-refractivity contribution in [2.75, 3.05) is 7.11 Å². The van der Waals surface area contributed by atoms with Gasteiger partial charge in [-0.1, -0.05) is 204 Å². The number of hydrogen-bond donors (Lipinski definition) is 0. The van der Waals surface area contributed by atoms with E-state index in [1.165, 1.54) is 123 Å². The predicted molar refractivity (Wildman–Crippen MR) is 402 cm³/mol. The Balaban J connectivity index is 0.728. The van der Waals surface area contributed by atoms with Crippen molar-refractivity contribution in [1.82, 2.24) is 0 Å². The molecule has 6 nitrogen and oxygen atoms in total. The molecule has 2 unspecified atom stereocenters. The maximum atomic E-state index is 8.03. The molecule has 0 saturated heterocycles. The van der Waals surface area contributed by atoms with Crippen LogP contribution in [0, 0.1) is 17.8 Å². The molecule has 4 heterocycles. The third kappa shape index (κ3) is 9.06. The third-order valence-electron chi connectivity index (χ3n) is 25.2. The largest absolute Gasteiger partial charge is 0.497 e. The maximum absolute atomic E-state index is 8.03. The first-order valence-electron chi connectivity index (χ1n) is 36.1. The molecule has 18 rings (SSSR count). The lowest BCUT2D eigenvalue weighted by Gasteiger charge is -2.47. The summed E-state index contributed by atoms with van der Waals surface area (Å²) in [5, 5.41) is 4.60. The number of fused-ring (bicyclic) bond motifs is 22. The molecule has 98 heavy (non-hydrogen) atoms. The molecule has 8 aliphatic rings. The van der Waals surface area contributed by atoms with Crippen LogP contribution in [0.3, 0.4) is 0 Å². The zero-order chi connectivity index (χ0) is 66.9. The molecule has 0 radical (unpaired) electrons. The minimum atomic E-state index is -1.02. The molecule has 10 aromatic rings. The number of thioether (sulfide) groups is 2. The molecular formula is C90H86O6S2. The second-order valence-corrected chi connectivity index (χ2v) is 33.9. The van der Waals surface area contributed by atoms with E-state index in [0.717, 1.165) is 109 Å². The fraction of sp³-hybridized carbons (Fsp3) is 0.333. The van der Waals surface area contributed by atoms with Gasteiger partial charge in [0.2, 0.25) is 0 Å². The number of rotatable bonds is 11. The van der Waals surface area contributed by atoms with Gasteiger partial charge in [-0.3, -0.25) is 0 Å². The van der Waals surface area contributed by atoms with E-state index in [0.29, 0.717) is 10.8 Å². The third-order valence-corrected chi connectivity index (χ3v) is 27.4. The molecule has 0 N–H and O–H groups in total. The van der Waals surface area contributed by atoms with E-state index in [4.69, 9.17) is 28.4 Å². The lowest BCUT2D eigenvalue weighted by atomic mass is 9.58. The lowest BCUT2D eigenvalue weighted by molar-refractivity contribution is 0.132. The van der Waals surface area contributed by atoms with Gasteiger partial charge in [0.1, 0.15) is 40.2 Å². The van der Waals surface area contributed by atoms with Gasteiger partial charge in [-0.25, -0.2) is 0 Å². The second-order valence-electron chi connectivity index (χ2n) is 30.6. The molecule has 2 fully saturated rings. The zero-order valence-corrected chi connectivity index (χ0v) is 59.9. The predicted octanol–water partition coefficient (Wildman–Crippen LogP) is 24.5. The molecule has 494 valence electrons. The Kier molecular flexibility index (Phi) is 14.0. The summed E-state index contributed by atoms with van der Waals surface area (Å²) in [4.78, 5) is 1.48. The maximum Gasteiger partial charge on any atom is 0.178 e. The number of benzene rings is 10. The van der Waals surface area contributed by atoms with Crippen molar-refractivity contribution >= 4 is 57.2 Å². The van der Waals surface area contributed by atoms with Crippen LogP contribution in [0.4, 0.5) is 0 Å². The topological polar surface area (TPSA) is 55.4 Å². The van der Waals surface area contributed by atoms with Gasteiger partial charge in [0.15, 0.2) is 21.1 Å². The average Bonchev–Trinajstić information content (AvgIpc) is 1.56. The van der Waals surface area contributed by atoms with Gasteiger partial charge in [-0.2, -0.15) is 0 Å². The molecule has 4 aliphatic heterocycles. The number of hydrogen-bond acceptors (Lipinski definition) is 8. The number of ether oxygens (including phenoxy) is 6. The van der Waals surface area contributed by atoms with E-state index >= 15 is 0 Å². The lowest BCUT2D eigenvalue weighted by Crippen LogP contribution is -2.38. The van der Waals surface area contributed by atoms with Crippen molar-refractivity contribution in [2.45, 2.75) is 181 Å². The van der Waals surface area contributed by atoms with Gasteiger partial charge < -0.3 is 28.4 Å². The number of aryl methyl sites for hydroxylation is 1. The Bertz CT molecular complexity index is 4990. The Hall–Kier alpha value is -8.30. The van der Waals surface area contributed by atoms with Gasteiger partial charge in [-0.15, -0.1) is 0 Å². The van der Waals surface area contributed by atoms with Gasteiger partial charge in [-0.05, 0) is 225 Å². The first kappa shape index (κ1) is 62.0. The molecule has 8 heteroatoms. The standard InChI is InChI=1S/C90H86O6S2/c1-11-85(12-2)43-47-87(48-44-85)71-21-17-15-19-63(71)77-67-51-73-75(97-83(6,7)93-73)53-69(67)81-65(79(77)87)39-41-89(95-81,56-25-23-55(5)24-26-56)58-29-35-61(36-30-58)92-62-37-31-59(32-38-62)90(57-27-33-60(91-10)34-28-57)42-40-66-80-78(68-52-74-76(98-84(8,9)94-74)54-70(68)82(66)96-90)64-20-16-18-22-72(64)88(80)49-45-86(13-3,14-4)46-50-88/h15-42,51-54H,11-14,43-50H2,1-10H3. The smallest absolute Gasteiger partial charge is 0.178 e. The molecule has 0 bridgehead atoms. The van der Waals surface area contributed by atoms with Crippen molar-refractivity contribution in [3.8, 4) is 62.5 Å². The first-order chi connectivity index (χ1) is 47.4. The summed E-state index contributed by atoms with van der Waals surface area (Å²) in [6, 6.07) is 62.5. The van der Waals surface area contributed by atoms with Gasteiger partial charge in [0, 0.05) is 55.0 Å². The monoisotopic (exact) mass is 1330 g/mol. The molecule has 2 saturated carbocycles. The van der Waals surface area contributed by atoms with Crippen LogP contribution in [0.25, 0.3) is 56.0 Å². The van der Waals surface area contributed by atoms with Gasteiger partial charge >= 0.3 is 0 Å². The van der Waals surface area contributed by atoms with Crippen molar-refractivity contribution in [2.24, 2.45) is 10.8 Å². The van der Waals surface area contributed by atoms with Crippen LogP contribution in [0.2, 0.25) is 0 Å². The fourth-order valence-electron chi connectivity index (χ4n) is 19.4. The quantitative estimate of drug-likeness (QED) is 0.127. The molecule has 10 aromatic carbocycles. The summed E-state index contributed by atoms with van der Waals surface area (Å²) >= 11 is 3.57. The van der Waals surface area contributed by atoms with Crippen molar-refractivity contribution in [3.05, 3.63) is 243 Å². The van der Waals surface area contributed by atoms with E-state index < -0.39 is 21.1 Å². The number of methoxy groups -OCH3 is 1. The van der Waals surface area contributed by atoms with Gasteiger partial charge in [0.05, 0.1) is 16.9 Å². The average molecular weight is 1330 g/mol. The summed E-state index contributed by atoms with van der Waals surface area (Å²) < 4.78 is 42.3. The molecule has 0 aromatic heterocycles. The van der Waals surface area contributed by atoms with Crippen LogP contribution in [0.15, 0.2) is 192 Å². The summed E-state index contributed by atoms with van der Waals surface area (Å²) in [6.45, 7) is 20.5. The zero-order valence-electron chi connectivity index (χ0n) is 58.2. The van der Waals surface area contributed by atoms with Gasteiger partial charge in [0.25, 0.3) is 0 Å². The van der Waals surface area contributed by atoms with Crippen molar-refractivity contribution in [1.29, 1.82) is 0 Å². The van der Waals surface area contributed by atoms with Crippen molar-refractivity contribution in [3.63, 3.8) is 0 Å². The molecule has 2 spiro atoms. The summed E-state index contributed by atoms with van der Waals surface area (Å²) in [5.41, 5.74) is 17.2. The highest BCUT2D eigenvalue weighted by atomic mass is 32.2. The highest BCUT2D eigenvalue weighted by Crippen LogP contribution is 2.68. The van der Waals surface area contributed by atoms with Crippen LogP contribution >= 0.6 is 23.5 Å². The van der Waals surface area contributed by atoms with Crippen molar-refractivity contribution < 1.29 is 28.4 Å². The van der Waals surface area contributed by atoms with Crippen LogP contribution in [-0.4, -0.2) is 17.0 Å². The van der Waals surface area contributed by atoms with E-state index in [2.05, 4.69) is 256 Å². The molecule has 2 atom stereocenters. The normalized spacial score (nSPS) is 21.9. The fourth-order valence-corrected chi connectivity index (χ4v) is 21.5. The Labute approximate surface area is 586 Å². The minimum absolute atomic E-state index is 0.145. The summed E-state index contributed by atoms with van der Waals surface area (Å²) in [6.07, 6.45) is 23.5. The van der Waals surface area contributed by atoms with Crippen LogP contribution in [-0.2, 0) is 22.0 Å². The Morgan fingerprint density at radius 1 is 0.408 bits per heavy atom. The van der Waals surface area contributed by atoms with E-state index in [9.17, 15) is 0 Å². The summed E-state index contributed by atoms with van der Waals surface area (Å²) in [5.74, 6) is 5.97. The van der Waals surface area contributed by atoms with Crippen LogP contribution in [0.1, 0.15) is 194 Å². The van der Waals surface area contributed by atoms with Crippen LogP contribution in [0.5, 0.6) is 40.2 Å². The minimum Gasteiger partial charge on any atom is -0.497 e. The highest BCUT2D eigenvalue weighted by Gasteiger charge is 2.55. The Morgan fingerprint density at radius 2 is 0.776 bits per heavy atom. The van der Waals surface area contributed by atoms with E-state index in [1.807, 2.05) is 0 Å². The molecule has 4 aliphatic carbocycles. The first-order valence-corrected chi connectivity index (χ1v) is 37.7. The Morgan fingerprint density at radius 3 is 1.15 bits per heavy atom. The van der Waals surface area contributed by atoms with E-state index in [1.54, 1.807) is 30.6 Å². The van der Waals surface area contributed by atoms with Crippen LogP contribution < -0.4 is 28.4 Å². The second kappa shape index (κ2) is 22.1. The molecular weight excluding hydrogens is 1240 g/mol. The summed E-state index contributed by atoms with van der Waals surface area (Å²) in [7, 11) is 1.73. The SMILES string of the molecule is CCC1(CC)CCC2(CC1)c1ccccc1-c1c2c2c(c3cc4c(cc13)OC(C)(C)S4)OC(c1ccc(C)cc1)(c1ccc(Oc3ccc(C4(c5ccc(OC)cc5)C=Cc5c6c(c7cc8c(cc7c5O4)SC(C)(C)O8)-c4ccccc4C64CCC(CC)(CC)CC4)cc3)cc1)C=C2. The highest BCUT2D eigenvalue weighted by molar-refractivity contribution is 8.01.